The van der Waals surface area contributed by atoms with Crippen molar-refractivity contribution in [2.24, 2.45) is 5.92 Å². The van der Waals surface area contributed by atoms with Gasteiger partial charge in [0.2, 0.25) is 5.56 Å². The molecule has 3 unspecified atom stereocenters. The van der Waals surface area contributed by atoms with Gasteiger partial charge in [-0.3, -0.25) is 14.5 Å². The standard InChI is InChI=1S/C43H47N5O7/c49-36-16-14-34(35-15-17-39(51)46-41(35)36)37(50)25-44-20-5-21-45-42(52)31-12-10-28(11-13-31)27-54-33-9-4-8-32(24-33)40(30-6-2-1-3-7-30)47-43(53)55-38-26-48-22-18-29(38)19-23-48/h1-4,6-17,24,29,37-38,40,44,49-50H,5,18-23,25-27H2,(H,45,52)(H,46,51)(H,47,53). The number of alkyl carbamates (subject to hydrolysis) is 1. The first-order valence-electron chi connectivity index (χ1n) is 18.9. The van der Waals surface area contributed by atoms with Crippen LogP contribution in [0.25, 0.3) is 10.9 Å². The van der Waals surface area contributed by atoms with Crippen LogP contribution in [0, 0.1) is 5.92 Å². The number of fused-ring (bicyclic) bond motifs is 4. The zero-order valence-corrected chi connectivity index (χ0v) is 30.6. The highest BCUT2D eigenvalue weighted by atomic mass is 16.6. The van der Waals surface area contributed by atoms with Gasteiger partial charge in [0.1, 0.15) is 24.2 Å². The summed E-state index contributed by atoms with van der Waals surface area (Å²) >= 11 is 0. The number of aromatic amines is 1. The van der Waals surface area contributed by atoms with Crippen molar-refractivity contribution in [1.82, 2.24) is 25.8 Å². The van der Waals surface area contributed by atoms with Gasteiger partial charge in [0, 0.05) is 36.7 Å². The highest BCUT2D eigenvalue weighted by molar-refractivity contribution is 5.94. The van der Waals surface area contributed by atoms with Gasteiger partial charge in [-0.1, -0.05) is 60.7 Å². The largest absolute Gasteiger partial charge is 0.506 e. The van der Waals surface area contributed by atoms with Gasteiger partial charge in [-0.05, 0) is 103 Å². The summed E-state index contributed by atoms with van der Waals surface area (Å²) in [7, 11) is 0. The van der Waals surface area contributed by atoms with Gasteiger partial charge < -0.3 is 40.6 Å². The molecule has 0 aliphatic carbocycles. The third-order valence-corrected chi connectivity index (χ3v) is 10.5. The average molecular weight is 746 g/mol. The number of aliphatic hydroxyl groups is 1. The number of amides is 2. The number of pyridine rings is 1. The zero-order valence-electron chi connectivity index (χ0n) is 30.6. The van der Waals surface area contributed by atoms with Crippen LogP contribution in [-0.4, -0.2) is 77.5 Å². The second-order valence-electron chi connectivity index (χ2n) is 14.2. The molecule has 0 radical (unpaired) electrons. The number of hydrogen-bond donors (Lipinski definition) is 6. The Hall–Kier alpha value is -5.69. The first-order chi connectivity index (χ1) is 26.8. The highest BCUT2D eigenvalue weighted by Crippen LogP contribution is 2.31. The minimum Gasteiger partial charge on any atom is -0.506 e. The number of piperidine rings is 3. The van der Waals surface area contributed by atoms with E-state index in [2.05, 4.69) is 25.8 Å². The molecule has 3 fully saturated rings. The average Bonchev–Trinajstić information content (AvgIpc) is 3.21. The molecule has 12 heteroatoms. The maximum absolute atomic E-state index is 13.2. The Kier molecular flexibility index (Phi) is 12.1. The lowest BCUT2D eigenvalue weighted by atomic mass is 9.86. The van der Waals surface area contributed by atoms with Gasteiger partial charge in [0.25, 0.3) is 5.91 Å². The molecule has 1 aromatic heterocycles. The molecule has 8 rings (SSSR count). The highest BCUT2D eigenvalue weighted by Gasteiger charge is 2.37. The Morgan fingerprint density at radius 1 is 0.891 bits per heavy atom. The molecule has 0 spiro atoms. The fraction of sp³-hybridized carbons (Fsp3) is 0.326. The third-order valence-electron chi connectivity index (χ3n) is 10.5. The number of hydrogen-bond acceptors (Lipinski definition) is 9. The summed E-state index contributed by atoms with van der Waals surface area (Å²) in [5.41, 5.74) is 3.80. The van der Waals surface area contributed by atoms with Crippen LogP contribution in [0.4, 0.5) is 4.79 Å². The van der Waals surface area contributed by atoms with Gasteiger partial charge in [-0.25, -0.2) is 4.79 Å². The van der Waals surface area contributed by atoms with Crippen molar-refractivity contribution in [3.63, 3.8) is 0 Å². The van der Waals surface area contributed by atoms with Crippen molar-refractivity contribution in [3.05, 3.63) is 141 Å². The topological polar surface area (TPSA) is 165 Å². The van der Waals surface area contributed by atoms with E-state index in [4.69, 9.17) is 9.47 Å². The van der Waals surface area contributed by atoms with Gasteiger partial charge >= 0.3 is 6.09 Å². The summed E-state index contributed by atoms with van der Waals surface area (Å²) in [6, 6.07) is 30.4. The molecule has 3 saturated heterocycles. The summed E-state index contributed by atoms with van der Waals surface area (Å²) in [4.78, 5) is 42.6. The molecule has 3 aliphatic heterocycles. The zero-order chi connectivity index (χ0) is 38.1. The van der Waals surface area contributed by atoms with Gasteiger partial charge in [-0.2, -0.15) is 0 Å². The quantitative estimate of drug-likeness (QED) is 0.0794. The molecule has 2 amide bonds. The van der Waals surface area contributed by atoms with Gasteiger partial charge in [-0.15, -0.1) is 0 Å². The SMILES string of the molecule is O=C(NC(c1ccccc1)c1cccc(OCc2ccc(C(=O)NCCCNCC(O)c3ccc(O)c4[nH]c(=O)ccc34)cc2)c1)OC1CN2CCC1CC2. The summed E-state index contributed by atoms with van der Waals surface area (Å²) < 4.78 is 12.1. The fourth-order valence-corrected chi connectivity index (χ4v) is 7.46. The monoisotopic (exact) mass is 745 g/mol. The van der Waals surface area contributed by atoms with E-state index in [1.165, 1.54) is 12.1 Å². The maximum Gasteiger partial charge on any atom is 0.408 e. The number of carbonyl (C=O) groups excluding carboxylic acids is 2. The molecule has 12 nitrogen and oxygen atoms in total. The normalized spacial score (nSPS) is 18.7. The van der Waals surface area contributed by atoms with Crippen molar-refractivity contribution in [1.29, 1.82) is 0 Å². The van der Waals surface area contributed by atoms with E-state index < -0.39 is 18.2 Å². The van der Waals surface area contributed by atoms with E-state index >= 15 is 0 Å². The summed E-state index contributed by atoms with van der Waals surface area (Å²) in [5.74, 6) is 0.834. The number of phenolic OH excluding ortho intramolecular Hbond substituents is 1. The molecule has 286 valence electrons. The van der Waals surface area contributed by atoms with Crippen LogP contribution in [0.5, 0.6) is 11.5 Å². The number of rotatable bonds is 15. The maximum atomic E-state index is 13.2. The van der Waals surface area contributed by atoms with Crippen molar-refractivity contribution in [2.45, 2.75) is 44.1 Å². The molecular weight excluding hydrogens is 699 g/mol. The van der Waals surface area contributed by atoms with Crippen LogP contribution in [0.3, 0.4) is 0 Å². The van der Waals surface area contributed by atoms with E-state index in [-0.39, 0.29) is 29.9 Å². The number of ether oxygens (including phenoxy) is 2. The lowest BCUT2D eigenvalue weighted by Gasteiger charge is -2.43. The smallest absolute Gasteiger partial charge is 0.408 e. The van der Waals surface area contributed by atoms with Crippen molar-refractivity contribution < 1.29 is 29.3 Å². The summed E-state index contributed by atoms with van der Waals surface area (Å²) in [6.45, 7) is 4.52. The number of benzene rings is 4. The first kappa shape index (κ1) is 37.6. The van der Waals surface area contributed by atoms with Gasteiger partial charge in [0.05, 0.1) is 17.7 Å². The second kappa shape index (κ2) is 17.6. The lowest BCUT2D eigenvalue weighted by molar-refractivity contribution is -0.0336. The predicted molar refractivity (Wildman–Crippen MR) is 209 cm³/mol. The molecule has 5 aromatic rings. The Labute approximate surface area is 319 Å². The van der Waals surface area contributed by atoms with E-state index in [0.717, 1.165) is 49.2 Å². The summed E-state index contributed by atoms with van der Waals surface area (Å²) in [6.07, 6.45) is 1.42. The van der Waals surface area contributed by atoms with Crippen LogP contribution in [0.2, 0.25) is 0 Å². The Bertz CT molecular complexity index is 2130. The van der Waals surface area contributed by atoms with Crippen molar-refractivity contribution in [3.8, 4) is 11.5 Å². The number of carbonyl (C=O) groups is 2. The number of aromatic nitrogens is 1. The second-order valence-corrected chi connectivity index (χ2v) is 14.2. The fourth-order valence-electron chi connectivity index (χ4n) is 7.46. The summed E-state index contributed by atoms with van der Waals surface area (Å²) in [5, 5.41) is 30.6. The van der Waals surface area contributed by atoms with Crippen LogP contribution < -0.4 is 26.2 Å². The number of aliphatic hydroxyl groups excluding tert-OH is 1. The van der Waals surface area contributed by atoms with Crippen LogP contribution >= 0.6 is 0 Å². The number of H-pyrrole nitrogens is 1. The van der Waals surface area contributed by atoms with E-state index in [1.807, 2.05) is 66.7 Å². The minimum absolute atomic E-state index is 0.0567. The minimum atomic E-state index is -0.853. The number of phenols is 1. The number of nitrogens with one attached hydrogen (secondary N) is 4. The van der Waals surface area contributed by atoms with E-state index in [9.17, 15) is 24.6 Å². The number of nitrogens with zero attached hydrogens (tertiary/aromatic N) is 1. The molecule has 3 atom stereocenters. The van der Waals surface area contributed by atoms with Crippen molar-refractivity contribution in [2.75, 3.05) is 39.3 Å². The molecule has 55 heavy (non-hydrogen) atoms. The van der Waals surface area contributed by atoms with Crippen molar-refractivity contribution >= 4 is 22.9 Å². The molecular formula is C43H47N5O7. The molecule has 0 saturated carbocycles. The first-order valence-corrected chi connectivity index (χ1v) is 18.9. The Morgan fingerprint density at radius 3 is 2.44 bits per heavy atom. The van der Waals surface area contributed by atoms with Crippen LogP contribution in [0.1, 0.15) is 64.0 Å². The third kappa shape index (κ3) is 9.52. The Balaban J connectivity index is 0.863. The van der Waals surface area contributed by atoms with E-state index in [0.29, 0.717) is 59.8 Å². The van der Waals surface area contributed by atoms with E-state index in [1.54, 1.807) is 24.3 Å². The van der Waals surface area contributed by atoms with Gasteiger partial charge in [0.15, 0.2) is 0 Å². The molecule has 4 aromatic carbocycles. The van der Waals surface area contributed by atoms with Crippen LogP contribution in [0.15, 0.2) is 108 Å². The molecule has 4 heterocycles. The molecule has 6 N–H and O–H groups in total. The van der Waals surface area contributed by atoms with Crippen LogP contribution in [-0.2, 0) is 11.3 Å². The predicted octanol–water partition coefficient (Wildman–Crippen LogP) is 5.17. The Morgan fingerprint density at radius 2 is 1.67 bits per heavy atom. The molecule has 2 bridgehead atoms. The lowest BCUT2D eigenvalue weighted by Crippen LogP contribution is -2.52. The molecule has 3 aliphatic rings. The number of aromatic hydroxyl groups is 1.